The van der Waals surface area contributed by atoms with Crippen molar-refractivity contribution in [3.63, 3.8) is 0 Å². The molecule has 5 heteroatoms. The van der Waals surface area contributed by atoms with Crippen LogP contribution in [0.4, 0.5) is 0 Å². The van der Waals surface area contributed by atoms with E-state index in [0.29, 0.717) is 0 Å². The first kappa shape index (κ1) is 14.9. The number of hydrogen-bond acceptors (Lipinski definition) is 3. The molecule has 0 saturated heterocycles. The van der Waals surface area contributed by atoms with Crippen LogP contribution in [0.3, 0.4) is 0 Å². The molecule has 0 aliphatic carbocycles. The van der Waals surface area contributed by atoms with Crippen LogP contribution in [0.15, 0.2) is 0 Å². The van der Waals surface area contributed by atoms with Gasteiger partial charge in [0.25, 0.3) is 5.91 Å². The van der Waals surface area contributed by atoms with Gasteiger partial charge in [0.05, 0.1) is 6.42 Å². The van der Waals surface area contributed by atoms with Gasteiger partial charge in [-0.3, -0.25) is 9.59 Å². The van der Waals surface area contributed by atoms with Crippen molar-refractivity contribution in [3.05, 3.63) is 0 Å². The van der Waals surface area contributed by atoms with E-state index in [1.807, 2.05) is 20.8 Å². The molecule has 94 valence electrons. The monoisotopic (exact) mass is 231 g/mol. The van der Waals surface area contributed by atoms with Gasteiger partial charge in [0.15, 0.2) is 0 Å². The molecule has 0 aliphatic heterocycles. The molecule has 0 aromatic heterocycles. The number of aliphatic carboxylic acids is 1. The van der Waals surface area contributed by atoms with Gasteiger partial charge in [-0.15, -0.1) is 0 Å². The summed E-state index contributed by atoms with van der Waals surface area (Å²) in [5.41, 5.74) is -0.403. The van der Waals surface area contributed by atoms with Gasteiger partial charge < -0.3 is 14.7 Å². The van der Waals surface area contributed by atoms with Gasteiger partial charge in [-0.1, -0.05) is 0 Å². The SMILES string of the molecule is COC(C)C(=O)N(CCC(=O)O)C(C)(C)C. The Bertz CT molecular complexity index is 257. The van der Waals surface area contributed by atoms with Crippen molar-refractivity contribution in [2.45, 2.75) is 45.8 Å². The molecule has 0 aromatic rings. The predicted octanol–water partition coefficient (Wildman–Crippen LogP) is 1.12. The van der Waals surface area contributed by atoms with Gasteiger partial charge in [-0.05, 0) is 27.7 Å². The number of amides is 1. The van der Waals surface area contributed by atoms with E-state index in [4.69, 9.17) is 9.84 Å². The molecule has 1 N–H and O–H groups in total. The van der Waals surface area contributed by atoms with E-state index in [-0.39, 0.29) is 18.9 Å². The van der Waals surface area contributed by atoms with E-state index < -0.39 is 17.6 Å². The van der Waals surface area contributed by atoms with E-state index in [0.717, 1.165) is 0 Å². The average Bonchev–Trinajstić information content (AvgIpc) is 2.13. The smallest absolute Gasteiger partial charge is 0.305 e. The summed E-state index contributed by atoms with van der Waals surface area (Å²) >= 11 is 0. The van der Waals surface area contributed by atoms with Crippen molar-refractivity contribution in [2.75, 3.05) is 13.7 Å². The summed E-state index contributed by atoms with van der Waals surface area (Å²) in [5.74, 6) is -1.09. The van der Waals surface area contributed by atoms with Crippen LogP contribution in [0.25, 0.3) is 0 Å². The zero-order valence-electron chi connectivity index (χ0n) is 10.6. The minimum absolute atomic E-state index is 0.0561. The van der Waals surface area contributed by atoms with Crippen LogP contribution < -0.4 is 0 Å². The first-order valence-electron chi connectivity index (χ1n) is 5.26. The summed E-state index contributed by atoms with van der Waals surface area (Å²) in [6, 6.07) is 0. The van der Waals surface area contributed by atoms with Crippen LogP contribution in [0.2, 0.25) is 0 Å². The normalized spacial score (nSPS) is 13.3. The van der Waals surface area contributed by atoms with Crippen molar-refractivity contribution < 1.29 is 19.4 Å². The molecule has 1 amide bonds. The van der Waals surface area contributed by atoms with Crippen molar-refractivity contribution >= 4 is 11.9 Å². The maximum absolute atomic E-state index is 11.9. The highest BCUT2D eigenvalue weighted by atomic mass is 16.5. The molecule has 0 heterocycles. The third kappa shape index (κ3) is 4.61. The molecule has 1 atom stereocenters. The Labute approximate surface area is 96.4 Å². The van der Waals surface area contributed by atoms with E-state index in [1.165, 1.54) is 12.0 Å². The van der Waals surface area contributed by atoms with Crippen LogP contribution in [0.1, 0.15) is 34.1 Å². The molecule has 1 unspecified atom stereocenters. The number of methoxy groups -OCH3 is 1. The second kappa shape index (κ2) is 5.84. The van der Waals surface area contributed by atoms with Gasteiger partial charge in [0, 0.05) is 19.2 Å². The lowest BCUT2D eigenvalue weighted by molar-refractivity contribution is -0.147. The molecule has 0 rings (SSSR count). The van der Waals surface area contributed by atoms with Crippen molar-refractivity contribution in [1.82, 2.24) is 4.90 Å². The van der Waals surface area contributed by atoms with Gasteiger partial charge in [0.2, 0.25) is 0 Å². The Morgan fingerprint density at radius 2 is 1.88 bits per heavy atom. The van der Waals surface area contributed by atoms with Crippen LogP contribution in [-0.2, 0) is 14.3 Å². The first-order chi connectivity index (χ1) is 7.20. The molecule has 5 nitrogen and oxygen atoms in total. The topological polar surface area (TPSA) is 66.8 Å². The Hall–Kier alpha value is -1.10. The fourth-order valence-electron chi connectivity index (χ4n) is 1.30. The van der Waals surface area contributed by atoms with Gasteiger partial charge in [-0.2, -0.15) is 0 Å². The standard InChI is InChI=1S/C11H21NO4/c1-8(16-5)10(15)12(11(2,3)4)7-6-9(13)14/h8H,6-7H2,1-5H3,(H,13,14). The molecule has 0 saturated carbocycles. The zero-order chi connectivity index (χ0) is 12.9. The maximum atomic E-state index is 11.9. The quantitative estimate of drug-likeness (QED) is 0.770. The molecule has 0 bridgehead atoms. The summed E-state index contributed by atoms with van der Waals surface area (Å²) in [6.45, 7) is 7.46. The van der Waals surface area contributed by atoms with Gasteiger partial charge >= 0.3 is 5.97 Å². The van der Waals surface area contributed by atoms with E-state index in [1.54, 1.807) is 6.92 Å². The highest BCUT2D eigenvalue weighted by Gasteiger charge is 2.29. The summed E-state index contributed by atoms with van der Waals surface area (Å²) < 4.78 is 4.96. The van der Waals surface area contributed by atoms with Crippen LogP contribution in [0.5, 0.6) is 0 Å². The maximum Gasteiger partial charge on any atom is 0.305 e. The van der Waals surface area contributed by atoms with Crippen LogP contribution >= 0.6 is 0 Å². The first-order valence-corrected chi connectivity index (χ1v) is 5.26. The third-order valence-electron chi connectivity index (χ3n) is 2.33. The number of hydrogen-bond donors (Lipinski definition) is 1. The van der Waals surface area contributed by atoms with E-state index >= 15 is 0 Å². The number of carboxylic acid groups (broad SMARTS) is 1. The number of carboxylic acids is 1. The largest absolute Gasteiger partial charge is 0.481 e. The third-order valence-corrected chi connectivity index (χ3v) is 2.33. The number of carbonyl (C=O) groups is 2. The molecule has 0 radical (unpaired) electrons. The van der Waals surface area contributed by atoms with Crippen molar-refractivity contribution in [2.24, 2.45) is 0 Å². The lowest BCUT2D eigenvalue weighted by atomic mass is 10.0. The number of ether oxygens (including phenoxy) is 1. The molecule has 0 fully saturated rings. The Morgan fingerprint density at radius 3 is 2.19 bits per heavy atom. The number of nitrogens with zero attached hydrogens (tertiary/aromatic N) is 1. The highest BCUT2D eigenvalue weighted by Crippen LogP contribution is 2.16. The van der Waals surface area contributed by atoms with Crippen molar-refractivity contribution in [1.29, 1.82) is 0 Å². The van der Waals surface area contributed by atoms with Gasteiger partial charge in [-0.25, -0.2) is 0 Å². The number of rotatable bonds is 5. The fraction of sp³-hybridized carbons (Fsp3) is 0.818. The van der Waals surface area contributed by atoms with Crippen LogP contribution in [0, 0.1) is 0 Å². The summed E-state index contributed by atoms with van der Waals surface area (Å²) in [5, 5.41) is 8.64. The lowest BCUT2D eigenvalue weighted by Crippen LogP contribution is -2.50. The summed E-state index contributed by atoms with van der Waals surface area (Å²) in [4.78, 5) is 24.0. The highest BCUT2D eigenvalue weighted by molar-refractivity contribution is 5.81. The second-order valence-electron chi connectivity index (χ2n) is 4.68. The Kier molecular flexibility index (Phi) is 5.44. The molecular weight excluding hydrogens is 210 g/mol. The summed E-state index contributed by atoms with van der Waals surface area (Å²) in [7, 11) is 1.46. The zero-order valence-corrected chi connectivity index (χ0v) is 10.6. The second-order valence-corrected chi connectivity index (χ2v) is 4.68. The molecule has 0 spiro atoms. The molecule has 0 aromatic carbocycles. The molecular formula is C11H21NO4. The molecule has 16 heavy (non-hydrogen) atoms. The Balaban J connectivity index is 4.68. The van der Waals surface area contributed by atoms with Crippen LogP contribution in [-0.4, -0.2) is 47.2 Å². The van der Waals surface area contributed by atoms with E-state index in [2.05, 4.69) is 0 Å². The molecule has 0 aliphatic rings. The summed E-state index contributed by atoms with van der Waals surface area (Å²) in [6.07, 6.45) is -0.604. The van der Waals surface area contributed by atoms with E-state index in [9.17, 15) is 9.59 Å². The minimum Gasteiger partial charge on any atom is -0.481 e. The average molecular weight is 231 g/mol. The van der Waals surface area contributed by atoms with Crippen molar-refractivity contribution in [3.8, 4) is 0 Å². The van der Waals surface area contributed by atoms with Gasteiger partial charge in [0.1, 0.15) is 6.10 Å². The predicted molar refractivity (Wildman–Crippen MR) is 60.2 cm³/mol. The lowest BCUT2D eigenvalue weighted by Gasteiger charge is -2.36. The number of carbonyl (C=O) groups excluding carboxylic acids is 1. The minimum atomic E-state index is -0.910. The fourth-order valence-corrected chi connectivity index (χ4v) is 1.30. The Morgan fingerprint density at radius 1 is 1.38 bits per heavy atom.